The van der Waals surface area contributed by atoms with Gasteiger partial charge >= 0.3 is 12.0 Å². The molecule has 1 aliphatic heterocycles. The van der Waals surface area contributed by atoms with Crippen molar-refractivity contribution in [3.05, 3.63) is 30.3 Å². The van der Waals surface area contributed by atoms with Gasteiger partial charge in [-0.3, -0.25) is 19.3 Å². The third-order valence-corrected chi connectivity index (χ3v) is 4.17. The van der Waals surface area contributed by atoms with Crippen molar-refractivity contribution in [3.63, 3.8) is 0 Å². The van der Waals surface area contributed by atoms with Gasteiger partial charge in [-0.1, -0.05) is 18.2 Å². The number of amides is 4. The smallest absolute Gasteiger partial charge is 0.327 e. The second-order valence-electron chi connectivity index (χ2n) is 6.81. The van der Waals surface area contributed by atoms with Crippen molar-refractivity contribution in [2.75, 3.05) is 18.0 Å². The normalized spacial score (nSPS) is 16.1. The number of carbonyl (C=O) groups excluding carboxylic acids is 4. The van der Waals surface area contributed by atoms with Gasteiger partial charge in [-0.25, -0.2) is 4.79 Å². The van der Waals surface area contributed by atoms with E-state index in [9.17, 15) is 19.2 Å². The summed E-state index contributed by atoms with van der Waals surface area (Å²) in [7, 11) is 0. The lowest BCUT2D eigenvalue weighted by Gasteiger charge is -2.25. The average molecular weight is 386 g/mol. The number of nitriles is 1. The number of esters is 1. The maximum Gasteiger partial charge on any atom is 0.327 e. The largest absolute Gasteiger partial charge is 0.451 e. The Bertz CT molecular complexity index is 815. The van der Waals surface area contributed by atoms with E-state index < -0.39 is 42.0 Å². The number of urea groups is 1. The van der Waals surface area contributed by atoms with E-state index >= 15 is 0 Å². The molecule has 1 saturated heterocycles. The molecule has 9 nitrogen and oxygen atoms in total. The summed E-state index contributed by atoms with van der Waals surface area (Å²) in [6.07, 6.45) is -1.04. The molecule has 0 aliphatic carbocycles. The summed E-state index contributed by atoms with van der Waals surface area (Å²) in [6, 6.07) is 9.99. The first kappa shape index (κ1) is 20.9. The van der Waals surface area contributed by atoms with Crippen molar-refractivity contribution in [2.45, 2.75) is 38.8 Å². The molecule has 1 N–H and O–H groups in total. The number of anilines is 1. The van der Waals surface area contributed by atoms with Gasteiger partial charge in [0.25, 0.3) is 11.8 Å². The molecular weight excluding hydrogens is 364 g/mol. The van der Waals surface area contributed by atoms with Crippen LogP contribution in [-0.2, 0) is 19.1 Å². The van der Waals surface area contributed by atoms with Gasteiger partial charge in [0.15, 0.2) is 6.10 Å². The molecule has 1 aromatic rings. The molecule has 28 heavy (non-hydrogen) atoms. The van der Waals surface area contributed by atoms with Crippen LogP contribution in [0.3, 0.4) is 0 Å². The molecule has 1 fully saturated rings. The monoisotopic (exact) mass is 386 g/mol. The third-order valence-electron chi connectivity index (χ3n) is 4.17. The van der Waals surface area contributed by atoms with Gasteiger partial charge in [0.05, 0.1) is 12.5 Å². The fourth-order valence-electron chi connectivity index (χ4n) is 2.73. The van der Waals surface area contributed by atoms with E-state index in [4.69, 9.17) is 10.00 Å². The Hall–Kier alpha value is -3.41. The predicted molar refractivity (Wildman–Crippen MR) is 98.9 cm³/mol. The zero-order valence-corrected chi connectivity index (χ0v) is 16.0. The van der Waals surface area contributed by atoms with Crippen molar-refractivity contribution in [1.82, 2.24) is 10.2 Å². The molecule has 4 amide bonds. The Morgan fingerprint density at radius 2 is 1.93 bits per heavy atom. The first-order valence-electron chi connectivity index (χ1n) is 8.74. The third kappa shape index (κ3) is 4.65. The number of hydrogen-bond donors (Lipinski definition) is 1. The van der Waals surface area contributed by atoms with Gasteiger partial charge in [-0.05, 0) is 32.9 Å². The molecule has 0 saturated carbocycles. The summed E-state index contributed by atoms with van der Waals surface area (Å²) in [5, 5.41) is 11.3. The number of benzene rings is 1. The second kappa shape index (κ2) is 8.52. The zero-order chi connectivity index (χ0) is 20.9. The predicted octanol–water partition coefficient (Wildman–Crippen LogP) is 1.20. The van der Waals surface area contributed by atoms with Gasteiger partial charge < -0.3 is 15.0 Å². The van der Waals surface area contributed by atoms with Crippen LogP contribution in [0.1, 0.15) is 27.2 Å². The summed E-state index contributed by atoms with van der Waals surface area (Å²) in [5.74, 6) is -1.93. The fourth-order valence-corrected chi connectivity index (χ4v) is 2.73. The van der Waals surface area contributed by atoms with Crippen LogP contribution in [0, 0.1) is 11.3 Å². The maximum atomic E-state index is 12.7. The lowest BCUT2D eigenvalue weighted by molar-refractivity contribution is -0.155. The van der Waals surface area contributed by atoms with E-state index in [-0.39, 0.29) is 13.0 Å². The van der Waals surface area contributed by atoms with Gasteiger partial charge in [0.1, 0.15) is 12.1 Å². The summed E-state index contributed by atoms with van der Waals surface area (Å²) in [5.41, 5.74) is -0.526. The van der Waals surface area contributed by atoms with Crippen molar-refractivity contribution < 1.29 is 23.9 Å². The standard InChI is InChI=1S/C19H22N4O5/c1-13(16(25)22(11-7-10-20)14-8-5-4-6-9-14)28-15(24)12-23-17(26)19(2,3)21-18(23)27/h4-6,8-9,13H,7,11-12H2,1-3H3,(H,21,27). The highest BCUT2D eigenvalue weighted by Gasteiger charge is 2.45. The summed E-state index contributed by atoms with van der Waals surface area (Å²) < 4.78 is 5.13. The number of para-hydroxylation sites is 1. The van der Waals surface area contributed by atoms with Gasteiger partial charge in [-0.2, -0.15) is 5.26 Å². The first-order valence-corrected chi connectivity index (χ1v) is 8.74. The van der Waals surface area contributed by atoms with Crippen LogP contribution in [0.5, 0.6) is 0 Å². The van der Waals surface area contributed by atoms with Crippen LogP contribution >= 0.6 is 0 Å². The minimum Gasteiger partial charge on any atom is -0.451 e. The Morgan fingerprint density at radius 1 is 1.29 bits per heavy atom. The molecular formula is C19H22N4O5. The number of ether oxygens (including phenoxy) is 1. The van der Waals surface area contributed by atoms with Crippen LogP contribution in [0.2, 0.25) is 0 Å². The Labute approximate surface area is 162 Å². The van der Waals surface area contributed by atoms with Crippen LogP contribution in [-0.4, -0.2) is 53.4 Å². The first-order chi connectivity index (χ1) is 13.2. The molecule has 2 rings (SSSR count). The van der Waals surface area contributed by atoms with Crippen molar-refractivity contribution >= 4 is 29.5 Å². The summed E-state index contributed by atoms with van der Waals surface area (Å²) in [4.78, 5) is 51.0. The number of carbonyl (C=O) groups is 4. The minimum absolute atomic E-state index is 0.110. The van der Waals surface area contributed by atoms with Crippen LogP contribution in [0.15, 0.2) is 30.3 Å². The molecule has 0 bridgehead atoms. The van der Waals surface area contributed by atoms with Crippen LogP contribution in [0.4, 0.5) is 10.5 Å². The highest BCUT2D eigenvalue weighted by molar-refractivity contribution is 6.08. The number of nitrogens with one attached hydrogen (secondary N) is 1. The van der Waals surface area contributed by atoms with Gasteiger partial charge in [0, 0.05) is 12.2 Å². The Kier molecular flexibility index (Phi) is 6.36. The molecule has 1 atom stereocenters. The van der Waals surface area contributed by atoms with E-state index in [1.807, 2.05) is 6.07 Å². The van der Waals surface area contributed by atoms with E-state index in [0.717, 1.165) is 4.90 Å². The summed E-state index contributed by atoms with van der Waals surface area (Å²) in [6.45, 7) is 4.01. The number of hydrogen-bond acceptors (Lipinski definition) is 6. The fraction of sp³-hybridized carbons (Fsp3) is 0.421. The topological polar surface area (TPSA) is 120 Å². The van der Waals surface area contributed by atoms with E-state index in [1.165, 1.54) is 25.7 Å². The molecule has 9 heteroatoms. The van der Waals surface area contributed by atoms with Crippen LogP contribution in [0.25, 0.3) is 0 Å². The maximum absolute atomic E-state index is 12.7. The van der Waals surface area contributed by atoms with Crippen molar-refractivity contribution in [3.8, 4) is 6.07 Å². The SMILES string of the molecule is CC(OC(=O)CN1C(=O)NC(C)(C)C1=O)C(=O)N(CCC#N)c1ccccc1. The lowest BCUT2D eigenvalue weighted by Crippen LogP contribution is -2.44. The molecule has 0 radical (unpaired) electrons. The van der Waals surface area contributed by atoms with Gasteiger partial charge in [-0.15, -0.1) is 0 Å². The highest BCUT2D eigenvalue weighted by atomic mass is 16.5. The van der Waals surface area contributed by atoms with E-state index in [1.54, 1.807) is 30.3 Å². The van der Waals surface area contributed by atoms with Crippen molar-refractivity contribution in [2.24, 2.45) is 0 Å². The molecule has 148 valence electrons. The number of imide groups is 1. The Balaban J connectivity index is 2.03. The van der Waals surface area contributed by atoms with Crippen LogP contribution < -0.4 is 10.2 Å². The molecule has 0 spiro atoms. The highest BCUT2D eigenvalue weighted by Crippen LogP contribution is 2.18. The molecule has 1 unspecified atom stereocenters. The van der Waals surface area contributed by atoms with E-state index in [2.05, 4.69) is 5.32 Å². The molecule has 0 aromatic heterocycles. The van der Waals surface area contributed by atoms with E-state index in [0.29, 0.717) is 5.69 Å². The molecule has 1 aromatic carbocycles. The zero-order valence-electron chi connectivity index (χ0n) is 16.0. The molecule has 1 aliphatic rings. The molecule has 1 heterocycles. The van der Waals surface area contributed by atoms with Crippen molar-refractivity contribution in [1.29, 1.82) is 5.26 Å². The Morgan fingerprint density at radius 3 is 2.46 bits per heavy atom. The minimum atomic E-state index is -1.15. The quantitative estimate of drug-likeness (QED) is 0.555. The van der Waals surface area contributed by atoms with Gasteiger partial charge in [0.2, 0.25) is 0 Å². The summed E-state index contributed by atoms with van der Waals surface area (Å²) >= 11 is 0. The average Bonchev–Trinajstić information content (AvgIpc) is 2.84. The number of rotatable bonds is 7. The second-order valence-corrected chi connectivity index (χ2v) is 6.81. The number of nitrogens with zero attached hydrogens (tertiary/aromatic N) is 3. The lowest BCUT2D eigenvalue weighted by atomic mass is 10.1.